The van der Waals surface area contributed by atoms with E-state index in [1.165, 1.54) is 255 Å². The van der Waals surface area contributed by atoms with E-state index in [1.54, 1.807) is 0 Å². The Kier molecular flexibility index (Phi) is 36.0. The summed E-state index contributed by atoms with van der Waals surface area (Å²) in [5.41, 5.74) is 6.11. The molecule has 330 valence electrons. The van der Waals surface area contributed by atoms with Crippen LogP contribution in [0.5, 0.6) is 0 Å². The molecule has 0 spiro atoms. The van der Waals surface area contributed by atoms with Crippen LogP contribution in [0.15, 0.2) is 58.5 Å². The summed E-state index contributed by atoms with van der Waals surface area (Å²) in [5.74, 6) is 0. The summed E-state index contributed by atoms with van der Waals surface area (Å²) < 4.78 is 0. The maximum absolute atomic E-state index is 5.15. The first-order valence-electron chi connectivity index (χ1n) is 26.0. The number of hydrogen-bond donors (Lipinski definition) is 0. The van der Waals surface area contributed by atoms with Gasteiger partial charge in [-0.15, -0.1) is 0 Å². The van der Waals surface area contributed by atoms with E-state index >= 15 is 0 Å². The summed E-state index contributed by atoms with van der Waals surface area (Å²) in [4.78, 5) is 10.1. The molecule has 0 aromatic heterocycles. The van der Waals surface area contributed by atoms with Crippen molar-refractivity contribution in [1.82, 2.24) is 0 Å². The lowest BCUT2D eigenvalue weighted by Gasteiger charge is -2.06. The van der Waals surface area contributed by atoms with Gasteiger partial charge in [0, 0.05) is 6.21 Å². The quantitative estimate of drug-likeness (QED) is 0.0472. The highest BCUT2D eigenvalue weighted by Crippen LogP contribution is 2.20. The maximum atomic E-state index is 5.15. The third kappa shape index (κ3) is 31.7. The average molecular weight is 797 g/mol. The summed E-state index contributed by atoms with van der Waals surface area (Å²) >= 11 is 0. The van der Waals surface area contributed by atoms with E-state index in [9.17, 15) is 0 Å². The first kappa shape index (κ1) is 51.9. The number of benzene rings is 2. The molecule has 0 atom stereocenters. The highest BCUT2D eigenvalue weighted by molar-refractivity contribution is 6.31. The molecule has 0 saturated heterocycles. The molecular formula is C56H96N2. The minimum atomic E-state index is 0.999. The smallest absolute Gasteiger partial charge is 0.0633 e. The van der Waals surface area contributed by atoms with Gasteiger partial charge in [-0.3, -0.25) is 9.98 Å². The van der Waals surface area contributed by atoms with Gasteiger partial charge in [-0.25, -0.2) is 0 Å². The zero-order chi connectivity index (χ0) is 41.2. The van der Waals surface area contributed by atoms with Crippen LogP contribution in [-0.2, 0) is 12.8 Å². The molecule has 0 unspecified atom stereocenters. The van der Waals surface area contributed by atoms with Crippen molar-refractivity contribution in [1.29, 1.82) is 0 Å². The van der Waals surface area contributed by atoms with Crippen molar-refractivity contribution < 1.29 is 0 Å². The Morgan fingerprint density at radius 1 is 0.328 bits per heavy atom. The molecule has 0 saturated carbocycles. The van der Waals surface area contributed by atoms with Gasteiger partial charge in [0.2, 0.25) is 0 Å². The molecule has 2 aromatic carbocycles. The van der Waals surface area contributed by atoms with E-state index in [4.69, 9.17) is 9.98 Å². The number of nitrogens with zero attached hydrogens (tertiary/aromatic N) is 2. The Labute approximate surface area is 362 Å². The molecule has 0 N–H and O–H groups in total. The van der Waals surface area contributed by atoms with Crippen molar-refractivity contribution in [3.8, 4) is 0 Å². The van der Waals surface area contributed by atoms with Gasteiger partial charge >= 0.3 is 0 Å². The Hall–Kier alpha value is -2.22. The molecule has 58 heavy (non-hydrogen) atoms. The highest BCUT2D eigenvalue weighted by Gasteiger charge is 2.03. The minimum absolute atomic E-state index is 0.999. The van der Waals surface area contributed by atoms with E-state index in [2.05, 4.69) is 75.5 Å². The van der Waals surface area contributed by atoms with Gasteiger partial charge in [0.25, 0.3) is 0 Å². The zero-order valence-corrected chi connectivity index (χ0v) is 39.2. The fourth-order valence-corrected chi connectivity index (χ4v) is 8.44. The van der Waals surface area contributed by atoms with Crippen LogP contribution in [0.4, 0.5) is 11.4 Å². The van der Waals surface area contributed by atoms with Gasteiger partial charge in [0.05, 0.1) is 17.1 Å². The van der Waals surface area contributed by atoms with Gasteiger partial charge in [-0.2, -0.15) is 0 Å². The van der Waals surface area contributed by atoms with Crippen molar-refractivity contribution in [3.05, 3.63) is 59.7 Å². The van der Waals surface area contributed by atoms with Crippen molar-refractivity contribution >= 4 is 23.3 Å². The topological polar surface area (TPSA) is 24.7 Å². The predicted molar refractivity (Wildman–Crippen MR) is 263 cm³/mol. The third-order valence-electron chi connectivity index (χ3n) is 12.4. The number of rotatable bonds is 42. The van der Waals surface area contributed by atoms with Crippen molar-refractivity contribution in [2.75, 3.05) is 0 Å². The highest BCUT2D eigenvalue weighted by atomic mass is 14.8. The van der Waals surface area contributed by atoms with E-state index in [-0.39, 0.29) is 0 Å². The molecule has 0 radical (unpaired) electrons. The van der Waals surface area contributed by atoms with Crippen LogP contribution in [-0.4, -0.2) is 11.9 Å². The van der Waals surface area contributed by atoms with Crippen LogP contribution in [0, 0.1) is 0 Å². The Bertz CT molecular complexity index is 1190. The van der Waals surface area contributed by atoms with Gasteiger partial charge in [-0.05, 0) is 73.9 Å². The molecule has 0 heterocycles. The molecule has 0 fully saturated rings. The zero-order valence-electron chi connectivity index (χ0n) is 39.2. The van der Waals surface area contributed by atoms with Gasteiger partial charge < -0.3 is 0 Å². The van der Waals surface area contributed by atoms with Gasteiger partial charge in [0.1, 0.15) is 0 Å². The molecule has 0 bridgehead atoms. The second-order valence-electron chi connectivity index (χ2n) is 18.1. The number of hydrogen-bond acceptors (Lipinski definition) is 2. The minimum Gasteiger partial charge on any atom is -0.255 e. The molecular weight excluding hydrogens is 701 g/mol. The first-order chi connectivity index (χ1) is 28.7. The lowest BCUT2D eigenvalue weighted by Crippen LogP contribution is -2.00. The van der Waals surface area contributed by atoms with Crippen molar-refractivity contribution in [2.45, 2.75) is 271 Å². The Balaban J connectivity index is 1.74. The summed E-state index contributed by atoms with van der Waals surface area (Å²) in [7, 11) is 0. The van der Waals surface area contributed by atoms with Crippen LogP contribution < -0.4 is 0 Å². The van der Waals surface area contributed by atoms with Crippen LogP contribution in [0.25, 0.3) is 0 Å². The van der Waals surface area contributed by atoms with Crippen molar-refractivity contribution in [2.24, 2.45) is 9.98 Å². The summed E-state index contributed by atoms with van der Waals surface area (Å²) in [6.07, 6.45) is 55.7. The Morgan fingerprint density at radius 2 is 0.603 bits per heavy atom. The fourth-order valence-electron chi connectivity index (χ4n) is 8.44. The lowest BCUT2D eigenvalue weighted by molar-refractivity contribution is 0.526. The fraction of sp³-hybridized carbons (Fsp3) is 0.750. The van der Waals surface area contributed by atoms with Crippen LogP contribution >= 0.6 is 0 Å². The number of aliphatic imine (C=N–C) groups is 2. The van der Waals surface area contributed by atoms with Gasteiger partial charge in [-0.1, -0.05) is 257 Å². The molecule has 2 heteroatoms. The predicted octanol–water partition coefficient (Wildman–Crippen LogP) is 19.7. The van der Waals surface area contributed by atoms with E-state index in [1.807, 2.05) is 0 Å². The molecule has 0 aliphatic carbocycles. The molecule has 2 nitrogen and oxygen atoms in total. The van der Waals surface area contributed by atoms with Crippen LogP contribution in [0.1, 0.15) is 269 Å². The van der Waals surface area contributed by atoms with E-state index < -0.39 is 0 Å². The molecule has 2 rings (SSSR count). The Morgan fingerprint density at radius 3 is 0.931 bits per heavy atom. The van der Waals surface area contributed by atoms with Crippen LogP contribution in [0.3, 0.4) is 0 Å². The SMILES string of the molecule is CCCCCCCCCCCCCCCCCCCCC(C=Nc1ccc(CCCCCCCCCCC)cc1)=Nc1ccc(CCCCCCCCCCC)cc1. The summed E-state index contributed by atoms with van der Waals surface area (Å²) in [5, 5.41) is 0. The normalized spacial score (nSPS) is 12.0. The second-order valence-corrected chi connectivity index (χ2v) is 18.1. The van der Waals surface area contributed by atoms with Crippen molar-refractivity contribution in [3.63, 3.8) is 0 Å². The molecule has 2 aromatic rings. The van der Waals surface area contributed by atoms with Crippen LogP contribution in [0.2, 0.25) is 0 Å². The molecule has 0 aliphatic rings. The lowest BCUT2D eigenvalue weighted by atomic mass is 10.0. The van der Waals surface area contributed by atoms with E-state index in [0.29, 0.717) is 0 Å². The maximum Gasteiger partial charge on any atom is 0.0633 e. The van der Waals surface area contributed by atoms with E-state index in [0.717, 1.165) is 23.5 Å². The number of unbranched alkanes of at least 4 members (excludes halogenated alkanes) is 33. The summed E-state index contributed by atoms with van der Waals surface area (Å²) in [6, 6.07) is 18.1. The standard InChI is InChI=1S/C56H96N2/c1-4-7-10-13-16-19-20-21-22-23-24-25-26-27-30-33-36-39-42-56(58-55-49-45-53(46-50-55)41-38-35-32-29-18-15-12-9-6-3)51-57-54-47-43-52(44-48-54)40-37-34-31-28-17-14-11-8-5-2/h43-51H,4-42H2,1-3H3. The largest absolute Gasteiger partial charge is 0.255 e. The molecule has 0 amide bonds. The third-order valence-corrected chi connectivity index (χ3v) is 12.4. The molecule has 0 aliphatic heterocycles. The second kappa shape index (κ2) is 40.2. The average Bonchev–Trinajstić information content (AvgIpc) is 3.24. The van der Waals surface area contributed by atoms with Gasteiger partial charge in [0.15, 0.2) is 0 Å². The first-order valence-corrected chi connectivity index (χ1v) is 26.0. The number of aryl methyl sites for hydroxylation is 2. The monoisotopic (exact) mass is 797 g/mol. The summed E-state index contributed by atoms with van der Waals surface area (Å²) in [6.45, 7) is 6.91.